The van der Waals surface area contributed by atoms with Crippen LogP contribution in [0.15, 0.2) is 23.1 Å². The maximum atomic E-state index is 12.9. The molecule has 0 N–H and O–H groups in total. The van der Waals surface area contributed by atoms with Crippen LogP contribution in [0, 0.1) is 0 Å². The summed E-state index contributed by atoms with van der Waals surface area (Å²) in [6.07, 6.45) is -0.00553. The van der Waals surface area contributed by atoms with Gasteiger partial charge in [-0.15, -0.1) is 0 Å². The average Bonchev–Trinajstić information content (AvgIpc) is 3.00. The van der Waals surface area contributed by atoms with Gasteiger partial charge in [-0.1, -0.05) is 18.5 Å². The lowest BCUT2D eigenvalue weighted by Crippen LogP contribution is -2.48. The predicted octanol–water partition coefficient (Wildman–Crippen LogP) is 1.29. The Kier molecular flexibility index (Phi) is 4.88. The van der Waals surface area contributed by atoms with Gasteiger partial charge in [0, 0.05) is 19.6 Å². The molecule has 0 spiro atoms. The van der Waals surface area contributed by atoms with Crippen molar-refractivity contribution in [1.82, 2.24) is 9.80 Å². The first-order chi connectivity index (χ1) is 11.3. The topological polar surface area (TPSA) is 66.9 Å². The summed E-state index contributed by atoms with van der Waals surface area (Å²) < 4.78 is 29.9. The van der Waals surface area contributed by atoms with E-state index in [0.717, 1.165) is 6.54 Å². The molecule has 3 rings (SSSR count). The van der Waals surface area contributed by atoms with Gasteiger partial charge in [0.25, 0.3) is 5.91 Å². The maximum Gasteiger partial charge on any atom is 0.255 e. The molecule has 1 aromatic carbocycles. The number of morpholine rings is 1. The monoisotopic (exact) mass is 372 g/mol. The Morgan fingerprint density at radius 1 is 1.38 bits per heavy atom. The molecule has 0 unspecified atom stereocenters. The Labute approximate surface area is 147 Å². The summed E-state index contributed by atoms with van der Waals surface area (Å²) in [5.74, 6) is -0.270. The van der Waals surface area contributed by atoms with Crippen LogP contribution in [0.5, 0.6) is 0 Å². The molecule has 0 radical (unpaired) electrons. The van der Waals surface area contributed by atoms with Crippen molar-refractivity contribution >= 4 is 27.3 Å². The first-order valence-electron chi connectivity index (χ1n) is 7.97. The zero-order valence-corrected chi connectivity index (χ0v) is 15.3. The van der Waals surface area contributed by atoms with E-state index in [0.29, 0.717) is 19.7 Å². The van der Waals surface area contributed by atoms with E-state index in [1.165, 1.54) is 18.2 Å². The highest BCUT2D eigenvalue weighted by Gasteiger charge is 2.41. The molecule has 2 aliphatic heterocycles. The second kappa shape index (κ2) is 6.63. The highest BCUT2D eigenvalue weighted by atomic mass is 35.5. The summed E-state index contributed by atoms with van der Waals surface area (Å²) in [4.78, 5) is 16.9. The molecule has 24 heavy (non-hydrogen) atoms. The number of nitrogens with zero attached hydrogens (tertiary/aromatic N) is 2. The molecular weight excluding hydrogens is 352 g/mol. The van der Waals surface area contributed by atoms with Crippen LogP contribution in [0.3, 0.4) is 0 Å². The Bertz CT molecular complexity index is 752. The van der Waals surface area contributed by atoms with Crippen LogP contribution in [-0.4, -0.2) is 75.3 Å². The van der Waals surface area contributed by atoms with Crippen molar-refractivity contribution in [2.24, 2.45) is 0 Å². The number of ether oxygens (including phenoxy) is 1. The molecule has 2 aliphatic rings. The van der Waals surface area contributed by atoms with Gasteiger partial charge in [-0.2, -0.15) is 0 Å². The van der Waals surface area contributed by atoms with Gasteiger partial charge >= 0.3 is 0 Å². The number of amides is 1. The van der Waals surface area contributed by atoms with E-state index in [9.17, 15) is 13.2 Å². The van der Waals surface area contributed by atoms with Crippen molar-refractivity contribution in [3.63, 3.8) is 0 Å². The van der Waals surface area contributed by atoms with Gasteiger partial charge in [0.1, 0.15) is 0 Å². The first-order valence-corrected chi connectivity index (χ1v) is 10.00. The molecule has 2 atom stereocenters. The van der Waals surface area contributed by atoms with Crippen molar-refractivity contribution < 1.29 is 17.9 Å². The summed E-state index contributed by atoms with van der Waals surface area (Å²) in [7, 11) is -1.36. The average molecular weight is 373 g/mol. The van der Waals surface area contributed by atoms with Crippen molar-refractivity contribution in [2.75, 3.05) is 39.0 Å². The van der Waals surface area contributed by atoms with E-state index in [4.69, 9.17) is 16.3 Å². The highest BCUT2D eigenvalue weighted by molar-refractivity contribution is 7.91. The van der Waals surface area contributed by atoms with Crippen molar-refractivity contribution in [2.45, 2.75) is 24.0 Å². The molecule has 0 bridgehead atoms. The Hall–Kier alpha value is -1.15. The van der Waals surface area contributed by atoms with Crippen molar-refractivity contribution in [3.8, 4) is 0 Å². The molecule has 6 nitrogen and oxygen atoms in total. The number of sulfone groups is 1. The number of carbonyl (C=O) groups is 1. The molecule has 0 aromatic heterocycles. The van der Waals surface area contributed by atoms with Gasteiger partial charge < -0.3 is 9.64 Å². The molecule has 2 heterocycles. The normalized spacial score (nSPS) is 24.9. The lowest BCUT2D eigenvalue weighted by Gasteiger charge is -2.33. The number of hydrogen-bond acceptors (Lipinski definition) is 5. The molecule has 0 aliphatic carbocycles. The number of benzene rings is 1. The number of likely N-dealkylation sites (tertiary alicyclic amines) is 1. The van der Waals surface area contributed by atoms with Crippen LogP contribution < -0.4 is 0 Å². The van der Waals surface area contributed by atoms with E-state index in [1.54, 1.807) is 11.8 Å². The van der Waals surface area contributed by atoms with Gasteiger partial charge in [0.2, 0.25) is 0 Å². The number of likely N-dealkylation sites (N-methyl/N-ethyl adjacent to an activating group) is 1. The number of carbonyl (C=O) groups excluding carboxylic acids is 1. The molecule has 2 fully saturated rings. The zero-order chi connectivity index (χ0) is 17.5. The van der Waals surface area contributed by atoms with E-state index < -0.39 is 9.84 Å². The Morgan fingerprint density at radius 3 is 2.79 bits per heavy atom. The summed E-state index contributed by atoms with van der Waals surface area (Å²) in [6, 6.07) is 4.47. The fourth-order valence-electron chi connectivity index (χ4n) is 3.22. The summed E-state index contributed by atoms with van der Waals surface area (Å²) in [5.41, 5.74) is 0.229. The van der Waals surface area contributed by atoms with Crippen LogP contribution in [0.4, 0.5) is 0 Å². The standard InChI is InChI=1S/C16H21ClN2O4S/c1-3-24(21,22)11-4-5-13(17)12(8-11)16(20)19-9-14-15(10-19)23-7-6-18(14)2/h4-5,8,14-15H,3,6-7,9-10H2,1-2H3/t14-,15+/m0/s1. The number of rotatable bonds is 3. The first kappa shape index (κ1) is 17.7. The number of fused-ring (bicyclic) bond motifs is 1. The number of halogens is 1. The Balaban J connectivity index is 1.87. The molecule has 132 valence electrons. The van der Waals surface area contributed by atoms with E-state index >= 15 is 0 Å². The summed E-state index contributed by atoms with van der Waals surface area (Å²) in [6.45, 7) is 4.12. The fourth-order valence-corrected chi connectivity index (χ4v) is 4.33. The lowest BCUT2D eigenvalue weighted by molar-refractivity contribution is -0.0368. The van der Waals surface area contributed by atoms with Gasteiger partial charge in [-0.3, -0.25) is 9.69 Å². The minimum absolute atomic E-state index is 0.00553. The Morgan fingerprint density at radius 2 is 2.12 bits per heavy atom. The minimum Gasteiger partial charge on any atom is -0.373 e. The smallest absolute Gasteiger partial charge is 0.255 e. The molecule has 1 amide bonds. The van der Waals surface area contributed by atoms with E-state index in [2.05, 4.69) is 4.90 Å². The molecule has 8 heteroatoms. The molecule has 2 saturated heterocycles. The maximum absolute atomic E-state index is 12.9. The number of hydrogen-bond donors (Lipinski definition) is 0. The molecular formula is C16H21ClN2O4S. The fraction of sp³-hybridized carbons (Fsp3) is 0.562. The quantitative estimate of drug-likeness (QED) is 0.799. The van der Waals surface area contributed by atoms with Gasteiger partial charge in [-0.25, -0.2) is 8.42 Å². The minimum atomic E-state index is -3.39. The third kappa shape index (κ3) is 3.18. The second-order valence-electron chi connectivity index (χ2n) is 6.21. The summed E-state index contributed by atoms with van der Waals surface area (Å²) in [5, 5.41) is 0.263. The molecule has 1 aromatic rings. The second-order valence-corrected chi connectivity index (χ2v) is 8.90. The van der Waals surface area contributed by atoms with Gasteiger partial charge in [-0.05, 0) is 25.2 Å². The van der Waals surface area contributed by atoms with Crippen molar-refractivity contribution in [1.29, 1.82) is 0 Å². The van der Waals surface area contributed by atoms with E-state index in [1.807, 2.05) is 7.05 Å². The lowest BCUT2D eigenvalue weighted by atomic mass is 10.1. The van der Waals surface area contributed by atoms with Gasteiger partial charge in [0.05, 0.1) is 40.0 Å². The zero-order valence-electron chi connectivity index (χ0n) is 13.7. The van der Waals surface area contributed by atoms with Crippen LogP contribution >= 0.6 is 11.6 Å². The largest absolute Gasteiger partial charge is 0.373 e. The van der Waals surface area contributed by atoms with Crippen LogP contribution in [-0.2, 0) is 14.6 Å². The molecule has 0 saturated carbocycles. The SMILES string of the molecule is CCS(=O)(=O)c1ccc(Cl)c(C(=O)N2C[C@H]3OCCN(C)[C@H]3C2)c1. The highest BCUT2D eigenvalue weighted by Crippen LogP contribution is 2.27. The van der Waals surface area contributed by atoms with Gasteiger partial charge in [0.15, 0.2) is 9.84 Å². The van der Waals surface area contributed by atoms with Crippen LogP contribution in [0.1, 0.15) is 17.3 Å². The van der Waals surface area contributed by atoms with Crippen LogP contribution in [0.25, 0.3) is 0 Å². The van der Waals surface area contributed by atoms with Crippen LogP contribution in [0.2, 0.25) is 5.02 Å². The van der Waals surface area contributed by atoms with Crippen molar-refractivity contribution in [3.05, 3.63) is 28.8 Å². The third-order valence-corrected chi connectivity index (χ3v) is 6.84. The third-order valence-electron chi connectivity index (χ3n) is 4.77. The summed E-state index contributed by atoms with van der Waals surface area (Å²) >= 11 is 6.16. The predicted molar refractivity (Wildman–Crippen MR) is 91.2 cm³/mol. The van der Waals surface area contributed by atoms with E-state index in [-0.39, 0.29) is 39.3 Å².